The van der Waals surface area contributed by atoms with Gasteiger partial charge in [-0.05, 0) is 55.8 Å². The summed E-state index contributed by atoms with van der Waals surface area (Å²) < 4.78 is 19.3. The zero-order valence-corrected chi connectivity index (χ0v) is 15.8. The molecule has 2 aromatic heterocycles. The Labute approximate surface area is 162 Å². The van der Waals surface area contributed by atoms with Gasteiger partial charge in [0.05, 0.1) is 17.5 Å². The van der Waals surface area contributed by atoms with Crippen molar-refractivity contribution in [1.29, 1.82) is 0 Å². The molecule has 0 spiro atoms. The molecule has 0 aliphatic rings. The van der Waals surface area contributed by atoms with E-state index in [1.807, 2.05) is 19.9 Å². The van der Waals surface area contributed by atoms with E-state index in [1.165, 1.54) is 12.1 Å². The highest BCUT2D eigenvalue weighted by atomic mass is 19.1. The minimum Gasteiger partial charge on any atom is -0.454 e. The van der Waals surface area contributed by atoms with Gasteiger partial charge < -0.3 is 9.73 Å². The van der Waals surface area contributed by atoms with Crippen LogP contribution in [0, 0.1) is 19.7 Å². The van der Waals surface area contributed by atoms with Gasteiger partial charge in [0.2, 0.25) is 0 Å². The zero-order valence-electron chi connectivity index (χ0n) is 15.8. The van der Waals surface area contributed by atoms with Crippen molar-refractivity contribution in [3.8, 4) is 22.6 Å². The third-order valence-corrected chi connectivity index (χ3v) is 4.81. The van der Waals surface area contributed by atoms with Crippen LogP contribution in [0.25, 0.3) is 33.6 Å². The molecule has 4 nitrogen and oxygen atoms in total. The molecular formula is C23H19FN2O2. The fourth-order valence-electron chi connectivity index (χ4n) is 3.32. The number of carbonyl (C=O) groups is 1. The number of carbonyl (C=O) groups excluding carboxylic acids is 1. The van der Waals surface area contributed by atoms with E-state index in [2.05, 4.69) is 28.5 Å². The standard InChI is InChI=1S/C23H19FN2O2/c1-13-4-5-14(2)17(10-13)19-11-18-20(12-26-19)28-22(21(18)23(27)25-3)15-6-8-16(24)9-7-15/h4-12H,1-3H3,(H,25,27). The summed E-state index contributed by atoms with van der Waals surface area (Å²) in [6.45, 7) is 4.06. The Kier molecular flexibility index (Phi) is 4.43. The van der Waals surface area contributed by atoms with E-state index in [0.717, 1.165) is 22.4 Å². The molecule has 0 aliphatic carbocycles. The zero-order chi connectivity index (χ0) is 19.8. The van der Waals surface area contributed by atoms with Gasteiger partial charge in [0.25, 0.3) is 5.91 Å². The van der Waals surface area contributed by atoms with Gasteiger partial charge in [-0.15, -0.1) is 0 Å². The third kappa shape index (κ3) is 3.05. The van der Waals surface area contributed by atoms with Gasteiger partial charge in [-0.25, -0.2) is 4.39 Å². The lowest BCUT2D eigenvalue weighted by molar-refractivity contribution is 0.0964. The van der Waals surface area contributed by atoms with E-state index < -0.39 is 0 Å². The number of hydrogen-bond donors (Lipinski definition) is 1. The molecule has 1 N–H and O–H groups in total. The summed E-state index contributed by atoms with van der Waals surface area (Å²) in [5.41, 5.74) is 5.56. The normalized spacial score (nSPS) is 11.0. The molecule has 28 heavy (non-hydrogen) atoms. The molecule has 0 unspecified atom stereocenters. The minimum absolute atomic E-state index is 0.267. The number of fused-ring (bicyclic) bond motifs is 1. The average Bonchev–Trinajstić information content (AvgIpc) is 3.08. The summed E-state index contributed by atoms with van der Waals surface area (Å²) in [5, 5.41) is 3.34. The van der Waals surface area contributed by atoms with Crippen molar-refractivity contribution in [2.24, 2.45) is 0 Å². The van der Waals surface area contributed by atoms with Crippen molar-refractivity contribution in [2.75, 3.05) is 7.05 Å². The number of furan rings is 1. The first-order chi connectivity index (χ1) is 13.5. The van der Waals surface area contributed by atoms with Crippen molar-refractivity contribution in [1.82, 2.24) is 10.3 Å². The molecule has 0 saturated heterocycles. The second-order valence-corrected chi connectivity index (χ2v) is 6.78. The highest BCUT2D eigenvalue weighted by Crippen LogP contribution is 2.35. The van der Waals surface area contributed by atoms with Crippen LogP contribution in [0.4, 0.5) is 4.39 Å². The second kappa shape index (κ2) is 6.93. The summed E-state index contributed by atoms with van der Waals surface area (Å²) in [6, 6.07) is 13.9. The quantitative estimate of drug-likeness (QED) is 0.531. The number of aryl methyl sites for hydroxylation is 2. The number of halogens is 1. The third-order valence-electron chi connectivity index (χ3n) is 4.81. The van der Waals surface area contributed by atoms with E-state index in [9.17, 15) is 9.18 Å². The van der Waals surface area contributed by atoms with E-state index in [-0.39, 0.29) is 11.7 Å². The number of rotatable bonds is 3. The Morgan fingerprint density at radius 3 is 2.54 bits per heavy atom. The topological polar surface area (TPSA) is 55.1 Å². The largest absolute Gasteiger partial charge is 0.454 e. The summed E-state index contributed by atoms with van der Waals surface area (Å²) in [5.74, 6) is -0.217. The fourth-order valence-corrected chi connectivity index (χ4v) is 3.32. The maximum atomic E-state index is 13.3. The van der Waals surface area contributed by atoms with Gasteiger partial charge >= 0.3 is 0 Å². The van der Waals surface area contributed by atoms with Crippen LogP contribution in [-0.4, -0.2) is 17.9 Å². The first kappa shape index (κ1) is 17.9. The highest BCUT2D eigenvalue weighted by Gasteiger charge is 2.22. The van der Waals surface area contributed by atoms with Crippen molar-refractivity contribution in [2.45, 2.75) is 13.8 Å². The molecule has 1 amide bonds. The van der Waals surface area contributed by atoms with Gasteiger partial charge in [-0.3, -0.25) is 9.78 Å². The van der Waals surface area contributed by atoms with E-state index >= 15 is 0 Å². The van der Waals surface area contributed by atoms with E-state index in [4.69, 9.17) is 4.42 Å². The lowest BCUT2D eigenvalue weighted by atomic mass is 10.00. The van der Waals surface area contributed by atoms with Crippen LogP contribution in [0.3, 0.4) is 0 Å². The first-order valence-corrected chi connectivity index (χ1v) is 8.96. The van der Waals surface area contributed by atoms with E-state index in [0.29, 0.717) is 27.9 Å². The lowest BCUT2D eigenvalue weighted by Crippen LogP contribution is -2.18. The SMILES string of the molecule is CNC(=O)c1c(-c2ccc(F)cc2)oc2cnc(-c3cc(C)ccc3C)cc12. The molecular weight excluding hydrogens is 355 g/mol. The smallest absolute Gasteiger partial charge is 0.255 e. The summed E-state index contributed by atoms with van der Waals surface area (Å²) in [4.78, 5) is 17.2. The van der Waals surface area contributed by atoms with Crippen molar-refractivity contribution in [3.05, 3.63) is 77.2 Å². The molecule has 0 atom stereocenters. The Morgan fingerprint density at radius 1 is 1.07 bits per heavy atom. The van der Waals surface area contributed by atoms with Crippen LogP contribution in [0.2, 0.25) is 0 Å². The number of hydrogen-bond acceptors (Lipinski definition) is 3. The Morgan fingerprint density at radius 2 is 1.82 bits per heavy atom. The number of amides is 1. The minimum atomic E-state index is -0.347. The molecule has 2 heterocycles. The predicted octanol–water partition coefficient (Wildman–Crippen LogP) is 5.28. The molecule has 4 rings (SSSR count). The molecule has 5 heteroatoms. The van der Waals surface area contributed by atoms with Crippen LogP contribution in [0.5, 0.6) is 0 Å². The molecule has 0 fully saturated rings. The van der Waals surface area contributed by atoms with Crippen molar-refractivity contribution in [3.63, 3.8) is 0 Å². The Bertz CT molecular complexity index is 1190. The Hall–Kier alpha value is -3.47. The van der Waals surface area contributed by atoms with Gasteiger partial charge in [0, 0.05) is 23.6 Å². The van der Waals surface area contributed by atoms with Crippen molar-refractivity contribution >= 4 is 16.9 Å². The summed E-state index contributed by atoms with van der Waals surface area (Å²) in [6.07, 6.45) is 1.63. The Balaban J connectivity index is 1.97. The summed E-state index contributed by atoms with van der Waals surface area (Å²) >= 11 is 0. The van der Waals surface area contributed by atoms with Gasteiger partial charge in [0.15, 0.2) is 5.58 Å². The summed E-state index contributed by atoms with van der Waals surface area (Å²) in [7, 11) is 1.57. The van der Waals surface area contributed by atoms with Gasteiger partial charge in [-0.2, -0.15) is 0 Å². The van der Waals surface area contributed by atoms with Crippen LogP contribution >= 0.6 is 0 Å². The number of nitrogens with one attached hydrogen (secondary N) is 1. The number of pyridine rings is 1. The first-order valence-electron chi connectivity index (χ1n) is 8.96. The van der Waals surface area contributed by atoms with E-state index in [1.54, 1.807) is 25.4 Å². The number of aromatic nitrogens is 1. The molecule has 0 bridgehead atoms. The molecule has 0 radical (unpaired) electrons. The number of nitrogens with zero attached hydrogens (tertiary/aromatic N) is 1. The number of benzene rings is 2. The van der Waals surface area contributed by atoms with Crippen LogP contribution in [-0.2, 0) is 0 Å². The average molecular weight is 374 g/mol. The fraction of sp³-hybridized carbons (Fsp3) is 0.130. The van der Waals surface area contributed by atoms with Crippen LogP contribution in [0.15, 0.2) is 59.1 Å². The monoisotopic (exact) mass is 374 g/mol. The second-order valence-electron chi connectivity index (χ2n) is 6.78. The highest BCUT2D eigenvalue weighted by molar-refractivity contribution is 6.11. The molecule has 0 saturated carbocycles. The van der Waals surface area contributed by atoms with Gasteiger partial charge in [0.1, 0.15) is 11.6 Å². The maximum absolute atomic E-state index is 13.3. The van der Waals surface area contributed by atoms with Crippen LogP contribution in [0.1, 0.15) is 21.5 Å². The molecule has 2 aromatic carbocycles. The van der Waals surface area contributed by atoms with Crippen molar-refractivity contribution < 1.29 is 13.6 Å². The predicted molar refractivity (Wildman–Crippen MR) is 108 cm³/mol. The van der Waals surface area contributed by atoms with Crippen LogP contribution < -0.4 is 5.32 Å². The maximum Gasteiger partial charge on any atom is 0.255 e. The molecule has 140 valence electrons. The molecule has 4 aromatic rings. The lowest BCUT2D eigenvalue weighted by Gasteiger charge is -2.07. The molecule has 0 aliphatic heterocycles. The van der Waals surface area contributed by atoms with Gasteiger partial charge in [-0.1, -0.05) is 17.7 Å².